The van der Waals surface area contributed by atoms with Gasteiger partial charge in [0.05, 0.1) is 31.6 Å². The van der Waals surface area contributed by atoms with E-state index < -0.39 is 11.6 Å². The largest absolute Gasteiger partial charge is 0.378 e. The van der Waals surface area contributed by atoms with Gasteiger partial charge < -0.3 is 19.7 Å². The third kappa shape index (κ3) is 5.27. The molecule has 1 aromatic heterocycles. The number of morpholine rings is 1. The highest BCUT2D eigenvalue weighted by molar-refractivity contribution is 7.99. The van der Waals surface area contributed by atoms with E-state index in [2.05, 4.69) is 20.4 Å². The Labute approximate surface area is 176 Å². The van der Waals surface area contributed by atoms with Crippen molar-refractivity contribution in [2.45, 2.75) is 30.6 Å². The van der Waals surface area contributed by atoms with Crippen LogP contribution in [-0.2, 0) is 20.8 Å². The third-order valence-corrected chi connectivity index (χ3v) is 5.85. The van der Waals surface area contributed by atoms with Crippen molar-refractivity contribution in [2.75, 3.05) is 48.9 Å². The number of nitrogens with one attached hydrogen (secondary N) is 1. The van der Waals surface area contributed by atoms with E-state index in [0.717, 1.165) is 56.7 Å². The number of rotatable bonds is 7. The molecule has 0 bridgehead atoms. The zero-order valence-electron chi connectivity index (χ0n) is 16.4. The fourth-order valence-electron chi connectivity index (χ4n) is 3.49. The van der Waals surface area contributed by atoms with Crippen LogP contribution in [0.5, 0.6) is 0 Å². The summed E-state index contributed by atoms with van der Waals surface area (Å²) in [6.07, 6.45) is 2.08. The van der Waals surface area contributed by atoms with Crippen molar-refractivity contribution < 1.29 is 23.0 Å². The molecular formula is C19H23F2N5O3S. The van der Waals surface area contributed by atoms with Gasteiger partial charge in [0, 0.05) is 31.5 Å². The van der Waals surface area contributed by atoms with Gasteiger partial charge in [0.15, 0.2) is 5.16 Å². The molecule has 0 saturated carbocycles. The number of halogens is 2. The van der Waals surface area contributed by atoms with E-state index in [9.17, 15) is 13.6 Å². The molecule has 162 valence electrons. The SMILES string of the molecule is O=C(CSc1nnc(N2CCOCC2)n1CC1CCCO1)Nc1cc(F)cc(F)c1. The van der Waals surface area contributed by atoms with Gasteiger partial charge in [-0.1, -0.05) is 11.8 Å². The van der Waals surface area contributed by atoms with Crippen LogP contribution in [0, 0.1) is 11.6 Å². The fraction of sp³-hybridized carbons (Fsp3) is 0.526. The molecule has 2 aromatic rings. The van der Waals surface area contributed by atoms with Gasteiger partial charge in [0.1, 0.15) is 11.6 Å². The summed E-state index contributed by atoms with van der Waals surface area (Å²) >= 11 is 1.23. The maximum atomic E-state index is 13.3. The summed E-state index contributed by atoms with van der Waals surface area (Å²) in [4.78, 5) is 14.4. The minimum atomic E-state index is -0.746. The van der Waals surface area contributed by atoms with Gasteiger partial charge >= 0.3 is 0 Å². The van der Waals surface area contributed by atoms with Crippen LogP contribution in [0.15, 0.2) is 23.4 Å². The Hall–Kier alpha value is -2.24. The molecule has 1 amide bonds. The van der Waals surface area contributed by atoms with Gasteiger partial charge in [0.2, 0.25) is 11.9 Å². The van der Waals surface area contributed by atoms with Crippen LogP contribution in [0.1, 0.15) is 12.8 Å². The lowest BCUT2D eigenvalue weighted by Crippen LogP contribution is -2.38. The van der Waals surface area contributed by atoms with E-state index in [1.807, 2.05) is 4.57 Å². The van der Waals surface area contributed by atoms with Crippen LogP contribution in [0.3, 0.4) is 0 Å². The Bertz CT molecular complexity index is 865. The van der Waals surface area contributed by atoms with Crippen LogP contribution < -0.4 is 10.2 Å². The molecule has 0 aliphatic carbocycles. The van der Waals surface area contributed by atoms with E-state index in [1.54, 1.807) is 0 Å². The first-order chi connectivity index (χ1) is 14.6. The Morgan fingerprint density at radius 1 is 1.17 bits per heavy atom. The van der Waals surface area contributed by atoms with Crippen LogP contribution in [0.2, 0.25) is 0 Å². The van der Waals surface area contributed by atoms with Gasteiger partial charge in [-0.05, 0) is 25.0 Å². The molecule has 1 unspecified atom stereocenters. The lowest BCUT2D eigenvalue weighted by molar-refractivity contribution is -0.113. The van der Waals surface area contributed by atoms with Crippen molar-refractivity contribution in [1.29, 1.82) is 0 Å². The molecule has 3 heterocycles. The molecule has 4 rings (SSSR count). The smallest absolute Gasteiger partial charge is 0.234 e. The highest BCUT2D eigenvalue weighted by Gasteiger charge is 2.25. The van der Waals surface area contributed by atoms with Gasteiger partial charge in [-0.25, -0.2) is 8.78 Å². The van der Waals surface area contributed by atoms with Crippen molar-refractivity contribution in [2.24, 2.45) is 0 Å². The number of hydrogen-bond acceptors (Lipinski definition) is 7. The highest BCUT2D eigenvalue weighted by atomic mass is 32.2. The van der Waals surface area contributed by atoms with E-state index in [-0.39, 0.29) is 23.5 Å². The molecule has 1 N–H and O–H groups in total. The summed E-state index contributed by atoms with van der Waals surface area (Å²) < 4.78 is 39.8. The predicted molar refractivity (Wildman–Crippen MR) is 108 cm³/mol. The number of thioether (sulfide) groups is 1. The molecule has 2 fully saturated rings. The molecule has 0 spiro atoms. The normalized spacial score (nSPS) is 19.3. The van der Waals surface area contributed by atoms with Gasteiger partial charge in [0.25, 0.3) is 0 Å². The first-order valence-corrected chi connectivity index (χ1v) is 10.8. The van der Waals surface area contributed by atoms with E-state index in [0.29, 0.717) is 24.9 Å². The maximum Gasteiger partial charge on any atom is 0.234 e. The molecule has 30 heavy (non-hydrogen) atoms. The van der Waals surface area contributed by atoms with Gasteiger partial charge in [-0.2, -0.15) is 0 Å². The van der Waals surface area contributed by atoms with Crippen molar-refractivity contribution in [1.82, 2.24) is 14.8 Å². The molecule has 1 aromatic carbocycles. The lowest BCUT2D eigenvalue weighted by Gasteiger charge is -2.28. The average molecular weight is 439 g/mol. The van der Waals surface area contributed by atoms with Crippen molar-refractivity contribution >= 4 is 29.3 Å². The number of anilines is 2. The molecule has 11 heteroatoms. The Kier molecular flexibility index (Phi) is 6.80. The zero-order chi connectivity index (χ0) is 20.9. The molecule has 2 aliphatic rings. The standard InChI is InChI=1S/C19H23F2N5O3S/c20-13-8-14(21)10-15(9-13)22-17(27)12-30-19-24-23-18(25-3-6-28-7-4-25)26(19)11-16-2-1-5-29-16/h8-10,16H,1-7,11-12H2,(H,22,27). The van der Waals surface area contributed by atoms with E-state index >= 15 is 0 Å². The summed E-state index contributed by atoms with van der Waals surface area (Å²) in [5, 5.41) is 11.7. The summed E-state index contributed by atoms with van der Waals surface area (Å²) in [6.45, 7) is 4.05. The monoisotopic (exact) mass is 439 g/mol. The molecular weight excluding hydrogens is 416 g/mol. The second kappa shape index (κ2) is 9.71. The van der Waals surface area contributed by atoms with Crippen LogP contribution in [0.4, 0.5) is 20.4 Å². The molecule has 2 saturated heterocycles. The first kappa shape index (κ1) is 21.0. The van der Waals surface area contributed by atoms with Crippen LogP contribution in [0.25, 0.3) is 0 Å². The second-order valence-corrected chi connectivity index (χ2v) is 8.07. The second-order valence-electron chi connectivity index (χ2n) is 7.12. The molecule has 2 aliphatic heterocycles. The highest BCUT2D eigenvalue weighted by Crippen LogP contribution is 2.26. The van der Waals surface area contributed by atoms with Crippen molar-refractivity contribution in [3.05, 3.63) is 29.8 Å². The first-order valence-electron chi connectivity index (χ1n) is 9.85. The maximum absolute atomic E-state index is 13.3. The quantitative estimate of drug-likeness (QED) is 0.663. The Balaban J connectivity index is 1.44. The number of aromatic nitrogens is 3. The summed E-state index contributed by atoms with van der Waals surface area (Å²) in [7, 11) is 0. The Morgan fingerprint density at radius 3 is 2.63 bits per heavy atom. The zero-order valence-corrected chi connectivity index (χ0v) is 17.2. The van der Waals surface area contributed by atoms with Gasteiger partial charge in [-0.3, -0.25) is 9.36 Å². The minimum absolute atomic E-state index is 0.0326. The lowest BCUT2D eigenvalue weighted by atomic mass is 10.2. The van der Waals surface area contributed by atoms with E-state index in [1.165, 1.54) is 11.8 Å². The minimum Gasteiger partial charge on any atom is -0.378 e. The molecule has 8 nitrogen and oxygen atoms in total. The fourth-order valence-corrected chi connectivity index (χ4v) is 4.23. The van der Waals surface area contributed by atoms with E-state index in [4.69, 9.17) is 9.47 Å². The number of carbonyl (C=O) groups excluding carboxylic acids is 1. The number of benzene rings is 1. The van der Waals surface area contributed by atoms with Gasteiger partial charge in [-0.15, -0.1) is 10.2 Å². The van der Waals surface area contributed by atoms with Crippen LogP contribution >= 0.6 is 11.8 Å². The average Bonchev–Trinajstić information content (AvgIpc) is 3.37. The third-order valence-electron chi connectivity index (χ3n) is 4.88. The molecule has 1 atom stereocenters. The number of hydrogen-bond donors (Lipinski definition) is 1. The van der Waals surface area contributed by atoms with Crippen molar-refractivity contribution in [3.63, 3.8) is 0 Å². The Morgan fingerprint density at radius 2 is 1.93 bits per heavy atom. The van der Waals surface area contributed by atoms with Crippen molar-refractivity contribution in [3.8, 4) is 0 Å². The topological polar surface area (TPSA) is 81.5 Å². The summed E-state index contributed by atoms with van der Waals surface area (Å²) in [5.41, 5.74) is 0.0768. The van der Waals surface area contributed by atoms with Crippen LogP contribution in [-0.4, -0.2) is 65.4 Å². The number of ether oxygens (including phenoxy) is 2. The predicted octanol–water partition coefficient (Wildman–Crippen LogP) is 2.30. The number of amides is 1. The summed E-state index contributed by atoms with van der Waals surface area (Å²) in [5.74, 6) is -1.10. The number of nitrogens with zero attached hydrogens (tertiary/aromatic N) is 4. The molecule has 0 radical (unpaired) electrons. The number of carbonyl (C=O) groups is 1. The summed E-state index contributed by atoms with van der Waals surface area (Å²) in [6, 6.07) is 2.90.